The van der Waals surface area contributed by atoms with Crippen molar-refractivity contribution in [3.8, 4) is 0 Å². The first-order chi connectivity index (χ1) is 8.10. The van der Waals surface area contributed by atoms with Crippen LogP contribution < -0.4 is 0 Å². The summed E-state index contributed by atoms with van der Waals surface area (Å²) in [6.07, 6.45) is 7.54. The molecule has 0 amide bonds. The molecule has 1 fully saturated rings. The van der Waals surface area contributed by atoms with Gasteiger partial charge < -0.3 is 4.43 Å². The number of hydrogen-bond donors (Lipinski definition) is 0. The van der Waals surface area contributed by atoms with Crippen LogP contribution in [0.1, 0.15) is 40.0 Å². The maximum atomic E-state index is 12.5. The average Bonchev–Trinajstić information content (AvgIpc) is 2.97. The fraction of sp³-hybridized carbons (Fsp3) is 0.786. The molecule has 96 valence electrons. The molecule has 3 heteroatoms. The molecule has 0 radical (unpaired) electrons. The second-order valence-corrected chi connectivity index (χ2v) is 10.3. The van der Waals surface area contributed by atoms with Crippen molar-refractivity contribution in [3.05, 3.63) is 12.2 Å². The lowest BCUT2D eigenvalue weighted by Crippen LogP contribution is -2.42. The molecule has 2 aliphatic carbocycles. The van der Waals surface area contributed by atoms with Gasteiger partial charge in [-0.2, -0.15) is 0 Å². The highest BCUT2D eigenvalue weighted by Gasteiger charge is 2.49. The highest BCUT2D eigenvalue weighted by atomic mass is 28.4. The van der Waals surface area contributed by atoms with Crippen LogP contribution in [0.15, 0.2) is 12.2 Å². The third-order valence-corrected chi connectivity index (χ3v) is 9.41. The van der Waals surface area contributed by atoms with Crippen LogP contribution in [0.3, 0.4) is 0 Å². The Morgan fingerprint density at radius 3 is 2.35 bits per heavy atom. The second kappa shape index (κ2) is 4.60. The molecule has 0 aromatic heterocycles. The molecule has 0 N–H and O–H groups in total. The van der Waals surface area contributed by atoms with Crippen LogP contribution in [0.4, 0.5) is 0 Å². The molecule has 2 nitrogen and oxygen atoms in total. The van der Waals surface area contributed by atoms with Crippen LogP contribution in [0.5, 0.6) is 0 Å². The van der Waals surface area contributed by atoms with Crippen molar-refractivity contribution in [2.24, 2.45) is 11.3 Å². The minimum absolute atomic E-state index is 0.0889. The standard InChI is InChI=1S/C14H24O2Si/c1-4-17(5-2,6-3)16-13(15)14-9-7-12(11-14)8-10-14/h7,9,12H,4-6,8,10-11H2,1-3H3. The number of rotatable bonds is 5. The molecular weight excluding hydrogens is 228 g/mol. The van der Waals surface area contributed by atoms with Crippen molar-refractivity contribution in [1.29, 1.82) is 0 Å². The van der Waals surface area contributed by atoms with Crippen LogP contribution in [-0.2, 0) is 9.22 Å². The Balaban J connectivity index is 2.09. The molecule has 2 bridgehead atoms. The van der Waals surface area contributed by atoms with Gasteiger partial charge in [0.05, 0.1) is 5.41 Å². The Bertz CT molecular complexity index is 325. The Kier molecular flexibility index (Phi) is 3.48. The van der Waals surface area contributed by atoms with Crippen LogP contribution in [-0.4, -0.2) is 14.3 Å². The summed E-state index contributed by atoms with van der Waals surface area (Å²) in [5, 5.41) is 0. The van der Waals surface area contributed by atoms with Crippen molar-refractivity contribution >= 4 is 14.3 Å². The number of carbonyl (C=O) groups excluding carboxylic acids is 1. The third kappa shape index (κ3) is 2.10. The van der Waals surface area contributed by atoms with Gasteiger partial charge in [0.15, 0.2) is 0 Å². The van der Waals surface area contributed by atoms with Gasteiger partial charge in [-0.05, 0) is 43.3 Å². The molecule has 0 aromatic rings. The largest absolute Gasteiger partial charge is 0.518 e. The predicted octanol–water partition coefficient (Wildman–Crippen LogP) is 3.89. The van der Waals surface area contributed by atoms with Gasteiger partial charge in [-0.15, -0.1) is 0 Å². The van der Waals surface area contributed by atoms with E-state index >= 15 is 0 Å². The fourth-order valence-electron chi connectivity index (χ4n) is 3.27. The molecule has 1 saturated carbocycles. The van der Waals surface area contributed by atoms with Crippen LogP contribution in [0, 0.1) is 11.3 Å². The summed E-state index contributed by atoms with van der Waals surface area (Å²) in [5.41, 5.74) is -0.234. The molecular formula is C14H24O2Si. The zero-order valence-corrected chi connectivity index (χ0v) is 12.3. The van der Waals surface area contributed by atoms with E-state index < -0.39 is 8.32 Å². The lowest BCUT2D eigenvalue weighted by Gasteiger charge is -2.32. The molecule has 0 aromatic carbocycles. The number of allylic oxidation sites excluding steroid dienone is 1. The molecule has 0 spiro atoms. The summed E-state index contributed by atoms with van der Waals surface area (Å²) in [6, 6.07) is 3.15. The lowest BCUT2D eigenvalue weighted by molar-refractivity contribution is -0.143. The minimum Gasteiger partial charge on any atom is -0.518 e. The van der Waals surface area contributed by atoms with E-state index in [1.54, 1.807) is 0 Å². The Hall–Kier alpha value is -0.573. The molecule has 0 saturated heterocycles. The summed E-state index contributed by atoms with van der Waals surface area (Å²) in [7, 11) is -1.78. The monoisotopic (exact) mass is 252 g/mol. The summed E-state index contributed by atoms with van der Waals surface area (Å²) in [4.78, 5) is 12.5. The zero-order chi connectivity index (χ0) is 12.5. The first-order valence-corrected chi connectivity index (χ1v) is 9.55. The SMILES string of the molecule is CC[Si](CC)(CC)OC(=O)C12C=CC(CC1)C2. The number of hydrogen-bond acceptors (Lipinski definition) is 2. The van der Waals surface area contributed by atoms with E-state index in [0.717, 1.165) is 31.0 Å². The van der Waals surface area contributed by atoms with Gasteiger partial charge in [0, 0.05) is 0 Å². The van der Waals surface area contributed by atoms with Crippen molar-refractivity contribution in [2.45, 2.75) is 58.2 Å². The maximum absolute atomic E-state index is 12.5. The first-order valence-electron chi connectivity index (χ1n) is 7.02. The quantitative estimate of drug-likeness (QED) is 0.548. The molecule has 17 heavy (non-hydrogen) atoms. The van der Waals surface area contributed by atoms with Gasteiger partial charge in [0.2, 0.25) is 0 Å². The van der Waals surface area contributed by atoms with Gasteiger partial charge in [-0.3, -0.25) is 4.79 Å². The zero-order valence-electron chi connectivity index (χ0n) is 11.3. The predicted molar refractivity (Wildman–Crippen MR) is 72.2 cm³/mol. The molecule has 2 atom stereocenters. The highest BCUT2D eigenvalue weighted by molar-refractivity contribution is 6.75. The number of carbonyl (C=O) groups is 1. The summed E-state index contributed by atoms with van der Waals surface area (Å²) < 4.78 is 6.04. The lowest BCUT2D eigenvalue weighted by atomic mass is 9.88. The second-order valence-electron chi connectivity index (χ2n) is 5.65. The Labute approximate surface area is 106 Å². The Morgan fingerprint density at radius 1 is 1.35 bits per heavy atom. The first kappa shape index (κ1) is 12.9. The van der Waals surface area contributed by atoms with E-state index in [1.165, 1.54) is 6.42 Å². The minimum atomic E-state index is -1.78. The smallest absolute Gasteiger partial charge is 0.302 e. The molecule has 2 aliphatic rings. The molecule has 0 aliphatic heterocycles. The fourth-order valence-corrected chi connectivity index (χ4v) is 5.80. The molecule has 2 unspecified atom stereocenters. The normalized spacial score (nSPS) is 30.9. The van der Waals surface area contributed by atoms with Gasteiger partial charge in [-0.1, -0.05) is 32.9 Å². The van der Waals surface area contributed by atoms with E-state index in [-0.39, 0.29) is 11.4 Å². The van der Waals surface area contributed by atoms with E-state index in [0.29, 0.717) is 5.92 Å². The van der Waals surface area contributed by atoms with E-state index in [1.807, 2.05) is 0 Å². The van der Waals surface area contributed by atoms with E-state index in [4.69, 9.17) is 4.43 Å². The summed E-state index contributed by atoms with van der Waals surface area (Å²) >= 11 is 0. The van der Waals surface area contributed by atoms with Gasteiger partial charge in [-0.25, -0.2) is 0 Å². The van der Waals surface area contributed by atoms with E-state index in [2.05, 4.69) is 32.9 Å². The molecule has 2 rings (SSSR count). The van der Waals surface area contributed by atoms with Crippen LogP contribution in [0.2, 0.25) is 18.1 Å². The van der Waals surface area contributed by atoms with Gasteiger partial charge in [0.25, 0.3) is 8.32 Å². The van der Waals surface area contributed by atoms with Crippen molar-refractivity contribution in [1.82, 2.24) is 0 Å². The third-order valence-electron chi connectivity index (χ3n) is 4.92. The Morgan fingerprint density at radius 2 is 2.00 bits per heavy atom. The van der Waals surface area contributed by atoms with Crippen LogP contribution >= 0.6 is 0 Å². The van der Waals surface area contributed by atoms with Crippen molar-refractivity contribution < 1.29 is 9.22 Å². The number of fused-ring (bicyclic) bond motifs is 2. The van der Waals surface area contributed by atoms with Crippen molar-refractivity contribution in [2.75, 3.05) is 0 Å². The average molecular weight is 252 g/mol. The van der Waals surface area contributed by atoms with Crippen molar-refractivity contribution in [3.63, 3.8) is 0 Å². The maximum Gasteiger partial charge on any atom is 0.302 e. The van der Waals surface area contributed by atoms with Crippen LogP contribution in [0.25, 0.3) is 0 Å². The summed E-state index contributed by atoms with van der Waals surface area (Å²) in [5.74, 6) is 0.731. The van der Waals surface area contributed by atoms with Gasteiger partial charge in [0.1, 0.15) is 0 Å². The topological polar surface area (TPSA) is 26.3 Å². The van der Waals surface area contributed by atoms with E-state index in [9.17, 15) is 4.79 Å². The van der Waals surface area contributed by atoms with Gasteiger partial charge >= 0.3 is 5.97 Å². The highest BCUT2D eigenvalue weighted by Crippen LogP contribution is 2.50. The molecule has 0 heterocycles. The summed E-state index contributed by atoms with van der Waals surface area (Å²) in [6.45, 7) is 6.52.